The number of ether oxygens (including phenoxy) is 2. The van der Waals surface area contributed by atoms with Crippen LogP contribution >= 0.6 is 0 Å². The van der Waals surface area contributed by atoms with Gasteiger partial charge in [0.2, 0.25) is 0 Å². The molecule has 0 rings (SSSR count). The molecule has 0 heterocycles. The van der Waals surface area contributed by atoms with Gasteiger partial charge in [-0.15, -0.1) is 0 Å². The molecule has 0 saturated carbocycles. The van der Waals surface area contributed by atoms with E-state index in [9.17, 15) is 14.4 Å². The Morgan fingerprint density at radius 1 is 1.18 bits per heavy atom. The fourth-order valence-corrected chi connectivity index (χ4v) is 0.453. The number of rotatable bonds is 6. The Bertz CT molecular complexity index is 408. The monoisotopic (exact) mass is 316 g/mol. The maximum Gasteiger partial charge on any atom is 0.370 e. The van der Waals surface area contributed by atoms with E-state index in [1.165, 1.54) is 7.11 Å². The van der Waals surface area contributed by atoms with E-state index in [-0.39, 0.29) is 11.7 Å². The highest BCUT2D eigenvalue weighted by Gasteiger charge is 2.03. The Morgan fingerprint density at radius 2 is 1.59 bits per heavy atom. The van der Waals surface area contributed by atoms with E-state index in [1.54, 1.807) is 6.92 Å². The molecule has 0 amide bonds. The third kappa shape index (κ3) is 22.6. The predicted molar refractivity (Wildman–Crippen MR) is 82.2 cm³/mol. The van der Waals surface area contributed by atoms with Crippen LogP contribution in [0.25, 0.3) is 0 Å². The predicted octanol–water partition coefficient (Wildman–Crippen LogP) is 2.25. The molecule has 0 aliphatic heterocycles. The number of aliphatic carboxylic acids is 2. The zero-order valence-electron chi connectivity index (χ0n) is 13.4. The first kappa shape index (κ1) is 24.4. The first-order valence-electron chi connectivity index (χ1n) is 6.13. The Hall–Kier alpha value is -2.57. The van der Waals surface area contributed by atoms with Crippen molar-refractivity contribution in [3.05, 3.63) is 37.1 Å². The molecular weight excluding hydrogens is 292 g/mol. The number of hydrogen-bond acceptors (Lipinski definition) is 5. The molecule has 2 N–H and O–H groups in total. The number of carbonyl (C=O) groups is 3. The molecule has 7 heteroatoms. The van der Waals surface area contributed by atoms with Gasteiger partial charge in [0.25, 0.3) is 0 Å². The molecule has 0 aromatic heterocycles. The highest BCUT2D eigenvalue weighted by atomic mass is 16.5. The van der Waals surface area contributed by atoms with Crippen molar-refractivity contribution in [3.8, 4) is 0 Å². The lowest BCUT2D eigenvalue weighted by Gasteiger charge is -2.05. The lowest BCUT2D eigenvalue weighted by Crippen LogP contribution is -2.09. The normalized spacial score (nSPS) is 8.23. The van der Waals surface area contributed by atoms with E-state index in [4.69, 9.17) is 14.9 Å². The summed E-state index contributed by atoms with van der Waals surface area (Å²) in [7, 11) is 1.26. The van der Waals surface area contributed by atoms with Crippen LogP contribution in [0.2, 0.25) is 0 Å². The van der Waals surface area contributed by atoms with Gasteiger partial charge in [-0.1, -0.05) is 27.0 Å². The van der Waals surface area contributed by atoms with Crippen LogP contribution in [-0.4, -0.2) is 41.8 Å². The summed E-state index contributed by atoms with van der Waals surface area (Å²) in [4.78, 5) is 29.7. The zero-order chi connectivity index (χ0) is 18.3. The smallest absolute Gasteiger partial charge is 0.370 e. The summed E-state index contributed by atoms with van der Waals surface area (Å²) < 4.78 is 9.04. The van der Waals surface area contributed by atoms with Gasteiger partial charge in [-0.3, -0.25) is 0 Å². The Balaban J connectivity index is -0.000000263. The van der Waals surface area contributed by atoms with Crippen LogP contribution in [0.15, 0.2) is 37.1 Å². The first-order chi connectivity index (χ1) is 9.99. The number of methoxy groups -OCH3 is 1. The number of carbonyl (C=O) groups excluding carboxylic acids is 1. The molecule has 0 aromatic carbocycles. The fraction of sp³-hybridized carbons (Fsp3) is 0.400. The molecule has 0 aliphatic carbocycles. The second kappa shape index (κ2) is 14.8. The van der Waals surface area contributed by atoms with Crippen LogP contribution < -0.4 is 0 Å². The summed E-state index contributed by atoms with van der Waals surface area (Å²) in [5.41, 5.74) is 0.459. The number of carboxylic acid groups (broad SMARTS) is 2. The van der Waals surface area contributed by atoms with E-state index in [2.05, 4.69) is 24.5 Å². The largest absolute Gasteiger partial charge is 0.490 e. The Labute approximate surface area is 130 Å². The summed E-state index contributed by atoms with van der Waals surface area (Å²) in [5, 5.41) is 15.6. The van der Waals surface area contributed by atoms with Gasteiger partial charge >= 0.3 is 17.9 Å². The van der Waals surface area contributed by atoms with Gasteiger partial charge in [0.1, 0.15) is 0 Å². The lowest BCUT2D eigenvalue weighted by atomic mass is 10.2. The fourth-order valence-electron chi connectivity index (χ4n) is 0.453. The molecule has 0 saturated heterocycles. The van der Waals surface area contributed by atoms with Gasteiger partial charge in [-0.25, -0.2) is 14.4 Å². The van der Waals surface area contributed by atoms with Crippen molar-refractivity contribution < 1.29 is 34.1 Å². The van der Waals surface area contributed by atoms with E-state index < -0.39 is 11.9 Å². The third-order valence-corrected chi connectivity index (χ3v) is 1.56. The summed E-state index contributed by atoms with van der Waals surface area (Å²) >= 11 is 0. The highest BCUT2D eigenvalue weighted by Crippen LogP contribution is 1.97. The summed E-state index contributed by atoms with van der Waals surface area (Å²) in [5.74, 6) is -2.25. The minimum Gasteiger partial charge on any atom is -0.490 e. The molecule has 0 aliphatic rings. The van der Waals surface area contributed by atoms with Crippen molar-refractivity contribution in [2.75, 3.05) is 13.7 Å². The highest BCUT2D eigenvalue weighted by molar-refractivity contribution is 5.86. The van der Waals surface area contributed by atoms with Crippen LogP contribution in [0.1, 0.15) is 20.8 Å². The molecule has 0 unspecified atom stereocenters. The molecule has 0 radical (unpaired) electrons. The van der Waals surface area contributed by atoms with E-state index in [0.717, 1.165) is 6.08 Å². The van der Waals surface area contributed by atoms with Gasteiger partial charge in [0.15, 0.2) is 5.76 Å². The molecule has 0 fully saturated rings. The van der Waals surface area contributed by atoms with E-state index >= 15 is 0 Å². The van der Waals surface area contributed by atoms with Crippen LogP contribution in [0.4, 0.5) is 0 Å². The molecule has 22 heavy (non-hydrogen) atoms. The van der Waals surface area contributed by atoms with E-state index in [1.807, 2.05) is 13.8 Å². The van der Waals surface area contributed by atoms with Gasteiger partial charge in [-0.05, 0) is 19.4 Å². The SMILES string of the molecule is C=C(C)C(=O)OCC(C)C.C=C(OC)C(=O)O.C=CC(=O)O. The molecule has 126 valence electrons. The van der Waals surface area contributed by atoms with Crippen molar-refractivity contribution in [1.82, 2.24) is 0 Å². The minimum absolute atomic E-state index is 0.236. The van der Waals surface area contributed by atoms with Crippen molar-refractivity contribution in [2.24, 2.45) is 5.92 Å². The molecule has 0 atom stereocenters. The third-order valence-electron chi connectivity index (χ3n) is 1.56. The summed E-state index contributed by atoms with van der Waals surface area (Å²) in [6.45, 7) is 15.6. The first-order valence-corrected chi connectivity index (χ1v) is 6.13. The standard InChI is InChI=1S/C8H14O2.C4H6O3.C3H4O2/c1-6(2)5-10-8(9)7(3)4;1-3(7-2)4(5)6;1-2-3(4)5/h6H,3,5H2,1-2,4H3;1H2,2H3,(H,5,6);2H,1H2,(H,4,5). The molecule has 0 bridgehead atoms. The Kier molecular flexibility index (Phi) is 16.5. The topological polar surface area (TPSA) is 110 Å². The molecule has 0 spiro atoms. The van der Waals surface area contributed by atoms with Gasteiger partial charge in [-0.2, -0.15) is 0 Å². The second-order valence-corrected chi connectivity index (χ2v) is 4.25. The van der Waals surface area contributed by atoms with Crippen molar-refractivity contribution >= 4 is 17.9 Å². The van der Waals surface area contributed by atoms with Crippen LogP contribution in [0.5, 0.6) is 0 Å². The van der Waals surface area contributed by atoms with Crippen LogP contribution in [0.3, 0.4) is 0 Å². The maximum atomic E-state index is 10.7. The van der Waals surface area contributed by atoms with Crippen molar-refractivity contribution in [3.63, 3.8) is 0 Å². The van der Waals surface area contributed by atoms with Crippen LogP contribution in [-0.2, 0) is 23.9 Å². The van der Waals surface area contributed by atoms with E-state index in [0.29, 0.717) is 18.1 Å². The molecule has 7 nitrogen and oxygen atoms in total. The average molecular weight is 316 g/mol. The quantitative estimate of drug-likeness (QED) is 0.439. The molecule has 0 aromatic rings. The Morgan fingerprint density at radius 3 is 1.73 bits per heavy atom. The van der Waals surface area contributed by atoms with Gasteiger partial charge < -0.3 is 19.7 Å². The van der Waals surface area contributed by atoms with Gasteiger partial charge in [0, 0.05) is 11.6 Å². The second-order valence-electron chi connectivity index (χ2n) is 4.25. The minimum atomic E-state index is -1.12. The summed E-state index contributed by atoms with van der Waals surface area (Å²) in [6.07, 6.45) is 0.833. The van der Waals surface area contributed by atoms with Crippen molar-refractivity contribution in [1.29, 1.82) is 0 Å². The number of esters is 1. The lowest BCUT2D eigenvalue weighted by molar-refractivity contribution is -0.140. The van der Waals surface area contributed by atoms with Gasteiger partial charge in [0.05, 0.1) is 13.7 Å². The van der Waals surface area contributed by atoms with Crippen LogP contribution in [0, 0.1) is 5.92 Å². The molecular formula is C15H24O7. The number of carboxylic acids is 2. The number of hydrogen-bond donors (Lipinski definition) is 2. The maximum absolute atomic E-state index is 10.7. The van der Waals surface area contributed by atoms with Crippen molar-refractivity contribution in [2.45, 2.75) is 20.8 Å². The summed E-state index contributed by atoms with van der Waals surface area (Å²) in [6, 6.07) is 0. The zero-order valence-corrected chi connectivity index (χ0v) is 13.4. The average Bonchev–Trinajstić information content (AvgIpc) is 2.44.